The predicted octanol–water partition coefficient (Wildman–Crippen LogP) is 4.80. The van der Waals surface area contributed by atoms with Crippen LogP contribution in [0.25, 0.3) is 0 Å². The van der Waals surface area contributed by atoms with Gasteiger partial charge in [-0.2, -0.15) is 0 Å². The summed E-state index contributed by atoms with van der Waals surface area (Å²) in [5.41, 5.74) is 4.66. The van der Waals surface area contributed by atoms with Crippen LogP contribution in [-0.2, 0) is 11.8 Å². The number of amides is 2. The van der Waals surface area contributed by atoms with Crippen LogP contribution in [0.5, 0.6) is 0 Å². The maximum Gasteiger partial charge on any atom is 0.319 e. The molecule has 3 rings (SSSR count). The van der Waals surface area contributed by atoms with Crippen molar-refractivity contribution in [2.24, 2.45) is 0 Å². The van der Waals surface area contributed by atoms with Crippen LogP contribution in [0.2, 0.25) is 0 Å². The summed E-state index contributed by atoms with van der Waals surface area (Å²) in [6, 6.07) is 16.6. The fourth-order valence-electron chi connectivity index (χ4n) is 3.57. The molecule has 0 heterocycles. The molecule has 126 valence electrons. The highest BCUT2D eigenvalue weighted by Crippen LogP contribution is 2.43. The molecule has 1 saturated carbocycles. The summed E-state index contributed by atoms with van der Waals surface area (Å²) in [6.07, 6.45) is 4.42. The fourth-order valence-corrected chi connectivity index (χ4v) is 3.57. The Balaban J connectivity index is 1.66. The Hall–Kier alpha value is -2.29. The third-order valence-electron chi connectivity index (χ3n) is 5.26. The van der Waals surface area contributed by atoms with Crippen molar-refractivity contribution in [3.63, 3.8) is 0 Å². The second kappa shape index (κ2) is 7.08. The second-order valence-electron chi connectivity index (χ2n) is 6.77. The highest BCUT2D eigenvalue weighted by molar-refractivity contribution is 5.91. The summed E-state index contributed by atoms with van der Waals surface area (Å²) in [5.74, 6) is 0. The molecule has 3 heteroatoms. The number of hydrogen-bond acceptors (Lipinski definition) is 1. The number of benzene rings is 2. The minimum absolute atomic E-state index is 0.109. The van der Waals surface area contributed by atoms with Crippen LogP contribution in [-0.4, -0.2) is 12.6 Å². The predicted molar refractivity (Wildman–Crippen MR) is 99.5 cm³/mol. The van der Waals surface area contributed by atoms with E-state index < -0.39 is 0 Å². The van der Waals surface area contributed by atoms with E-state index in [4.69, 9.17) is 0 Å². The molecule has 2 aromatic rings. The first kappa shape index (κ1) is 16.6. The molecule has 0 unspecified atom stereocenters. The Kier molecular flexibility index (Phi) is 4.89. The van der Waals surface area contributed by atoms with Gasteiger partial charge >= 0.3 is 6.03 Å². The van der Waals surface area contributed by atoms with Crippen molar-refractivity contribution in [2.45, 2.75) is 44.9 Å². The van der Waals surface area contributed by atoms with Crippen LogP contribution in [0.1, 0.15) is 42.9 Å². The maximum absolute atomic E-state index is 12.4. The minimum Gasteiger partial charge on any atom is -0.337 e. The normalized spacial score (nSPS) is 15.4. The lowest BCUT2D eigenvalue weighted by molar-refractivity contribution is 0.222. The van der Waals surface area contributed by atoms with Crippen LogP contribution >= 0.6 is 0 Å². The lowest BCUT2D eigenvalue weighted by Crippen LogP contribution is -2.46. The third kappa shape index (κ3) is 3.30. The topological polar surface area (TPSA) is 41.1 Å². The van der Waals surface area contributed by atoms with Gasteiger partial charge in [0, 0.05) is 17.6 Å². The monoisotopic (exact) mass is 322 g/mol. The van der Waals surface area contributed by atoms with Gasteiger partial charge in [-0.25, -0.2) is 4.79 Å². The van der Waals surface area contributed by atoms with Crippen molar-refractivity contribution in [1.82, 2.24) is 5.32 Å². The lowest BCUT2D eigenvalue weighted by atomic mass is 9.64. The van der Waals surface area contributed by atoms with Crippen molar-refractivity contribution >= 4 is 11.7 Å². The van der Waals surface area contributed by atoms with E-state index in [9.17, 15) is 4.79 Å². The lowest BCUT2D eigenvalue weighted by Gasteiger charge is -2.42. The van der Waals surface area contributed by atoms with E-state index >= 15 is 0 Å². The van der Waals surface area contributed by atoms with Crippen LogP contribution in [0.4, 0.5) is 10.5 Å². The average Bonchev–Trinajstić information content (AvgIpc) is 2.57. The Morgan fingerprint density at radius 3 is 2.46 bits per heavy atom. The molecule has 0 bridgehead atoms. The first-order valence-corrected chi connectivity index (χ1v) is 8.83. The quantitative estimate of drug-likeness (QED) is 0.815. The van der Waals surface area contributed by atoms with E-state index in [2.05, 4.69) is 47.9 Å². The molecule has 1 aliphatic carbocycles. The summed E-state index contributed by atoms with van der Waals surface area (Å²) < 4.78 is 0. The molecule has 0 atom stereocenters. The molecule has 0 aromatic heterocycles. The number of urea groups is 1. The van der Waals surface area contributed by atoms with Gasteiger partial charge in [-0.3, -0.25) is 0 Å². The van der Waals surface area contributed by atoms with Crippen LogP contribution in [0.3, 0.4) is 0 Å². The average molecular weight is 322 g/mol. The highest BCUT2D eigenvalue weighted by atomic mass is 16.2. The standard InChI is InChI=1S/C21H26N2O/c1-3-17-10-7-9-16(2)19(17)23-20(24)22-15-21(13-8-14-21)18-11-5-4-6-12-18/h4-7,9-12H,3,8,13-15H2,1-2H3,(H2,22,23,24). The van der Waals surface area contributed by atoms with E-state index in [0.29, 0.717) is 6.54 Å². The molecular weight excluding hydrogens is 296 g/mol. The molecule has 2 aromatic carbocycles. The molecule has 24 heavy (non-hydrogen) atoms. The van der Waals surface area contributed by atoms with Crippen molar-refractivity contribution in [3.8, 4) is 0 Å². The number of anilines is 1. The van der Waals surface area contributed by atoms with Gasteiger partial charge in [-0.1, -0.05) is 61.9 Å². The number of para-hydroxylation sites is 1. The zero-order chi connectivity index (χ0) is 17.0. The van der Waals surface area contributed by atoms with Gasteiger partial charge < -0.3 is 10.6 Å². The fraction of sp³-hybridized carbons (Fsp3) is 0.381. The Labute approximate surface area is 144 Å². The molecule has 3 nitrogen and oxygen atoms in total. The summed E-state index contributed by atoms with van der Waals surface area (Å²) >= 11 is 0. The van der Waals surface area contributed by atoms with Gasteiger partial charge in [0.2, 0.25) is 0 Å². The summed E-state index contributed by atoms with van der Waals surface area (Å²) in [4.78, 5) is 12.4. The first-order chi connectivity index (χ1) is 11.6. The Morgan fingerprint density at radius 1 is 1.08 bits per heavy atom. The van der Waals surface area contributed by atoms with Gasteiger partial charge in [-0.05, 0) is 42.9 Å². The maximum atomic E-state index is 12.4. The van der Waals surface area contributed by atoms with E-state index in [-0.39, 0.29) is 11.4 Å². The zero-order valence-electron chi connectivity index (χ0n) is 14.6. The second-order valence-corrected chi connectivity index (χ2v) is 6.77. The first-order valence-electron chi connectivity index (χ1n) is 8.83. The van der Waals surface area contributed by atoms with Gasteiger partial charge in [0.1, 0.15) is 0 Å². The number of nitrogens with one attached hydrogen (secondary N) is 2. The van der Waals surface area contributed by atoms with Gasteiger partial charge in [0.25, 0.3) is 0 Å². The minimum atomic E-state index is -0.110. The Bertz CT molecular complexity index is 705. The summed E-state index contributed by atoms with van der Waals surface area (Å²) in [6.45, 7) is 4.83. The van der Waals surface area contributed by atoms with E-state index in [1.165, 1.54) is 17.5 Å². The molecule has 0 saturated heterocycles. The van der Waals surface area contributed by atoms with E-state index in [1.807, 2.05) is 25.1 Å². The van der Waals surface area contributed by atoms with Crippen molar-refractivity contribution in [3.05, 3.63) is 65.2 Å². The molecule has 1 fully saturated rings. The van der Waals surface area contributed by atoms with Crippen LogP contribution < -0.4 is 10.6 Å². The molecule has 0 radical (unpaired) electrons. The molecule has 0 spiro atoms. The largest absolute Gasteiger partial charge is 0.337 e. The Morgan fingerprint density at radius 2 is 1.83 bits per heavy atom. The van der Waals surface area contributed by atoms with E-state index in [1.54, 1.807) is 0 Å². The SMILES string of the molecule is CCc1cccc(C)c1NC(=O)NCC1(c2ccccc2)CCC1. The molecule has 1 aliphatic rings. The van der Waals surface area contributed by atoms with Crippen molar-refractivity contribution in [2.75, 3.05) is 11.9 Å². The van der Waals surface area contributed by atoms with Gasteiger partial charge in [-0.15, -0.1) is 0 Å². The van der Waals surface area contributed by atoms with E-state index in [0.717, 1.165) is 30.5 Å². The number of hydrogen-bond donors (Lipinski definition) is 2. The van der Waals surface area contributed by atoms with Crippen molar-refractivity contribution < 1.29 is 4.79 Å². The number of rotatable bonds is 5. The van der Waals surface area contributed by atoms with Crippen molar-refractivity contribution in [1.29, 1.82) is 0 Å². The molecule has 2 amide bonds. The number of carbonyl (C=O) groups excluding carboxylic acids is 1. The van der Waals surface area contributed by atoms with Crippen LogP contribution in [0, 0.1) is 6.92 Å². The highest BCUT2D eigenvalue weighted by Gasteiger charge is 2.38. The molecule has 0 aliphatic heterocycles. The number of carbonyl (C=O) groups is 1. The zero-order valence-corrected chi connectivity index (χ0v) is 14.6. The van der Waals surface area contributed by atoms with Crippen LogP contribution in [0.15, 0.2) is 48.5 Å². The smallest absolute Gasteiger partial charge is 0.319 e. The summed E-state index contributed by atoms with van der Waals surface area (Å²) in [5, 5.41) is 6.15. The molecular formula is C21H26N2O. The third-order valence-corrected chi connectivity index (χ3v) is 5.26. The summed E-state index contributed by atoms with van der Waals surface area (Å²) in [7, 11) is 0. The molecule has 2 N–H and O–H groups in total. The number of aryl methyl sites for hydroxylation is 2. The van der Waals surface area contributed by atoms with Gasteiger partial charge in [0.05, 0.1) is 0 Å². The van der Waals surface area contributed by atoms with Gasteiger partial charge in [0.15, 0.2) is 0 Å².